The van der Waals surface area contributed by atoms with Gasteiger partial charge in [-0.25, -0.2) is 5.12 Å². The molecule has 1 aromatic rings. The molecule has 0 atom stereocenters. The van der Waals surface area contributed by atoms with Crippen molar-refractivity contribution in [2.75, 3.05) is 5.43 Å². The van der Waals surface area contributed by atoms with Crippen molar-refractivity contribution >= 4 is 5.69 Å². The van der Waals surface area contributed by atoms with E-state index in [0.29, 0.717) is 0 Å². The van der Waals surface area contributed by atoms with Crippen LogP contribution in [0.2, 0.25) is 0 Å². The number of para-hydroxylation sites is 1. The zero-order valence-electron chi connectivity index (χ0n) is 6.49. The Hall–Kier alpha value is -1.68. The fraction of sp³-hybridized carbons (Fsp3) is 0. The largest absolute Gasteiger partial charge is 0.308 e. The van der Waals surface area contributed by atoms with Crippen LogP contribution in [0.4, 0.5) is 5.69 Å². The van der Waals surface area contributed by atoms with Crippen LogP contribution in [0.15, 0.2) is 42.7 Å². The van der Waals surface area contributed by atoms with Crippen LogP contribution in [0, 0.1) is 0 Å². The van der Waals surface area contributed by atoms with Crippen LogP contribution in [0.1, 0.15) is 0 Å². The van der Waals surface area contributed by atoms with Gasteiger partial charge in [0.1, 0.15) is 0 Å². The van der Waals surface area contributed by atoms with E-state index in [4.69, 9.17) is 0 Å². The molecule has 62 valence electrons. The van der Waals surface area contributed by atoms with E-state index in [1.54, 1.807) is 11.3 Å². The average molecular weight is 162 g/mol. The first kappa shape index (κ1) is 7.00. The molecule has 0 spiro atoms. The second-order valence-corrected chi connectivity index (χ2v) is 2.42. The molecule has 1 aliphatic heterocycles. The standard InChI is InChI=1S/C8H10N4/c1-2-4-8(5-3-1)10-12-7-6-9-11-12/h1-7,9-11H. The van der Waals surface area contributed by atoms with Crippen LogP contribution in [-0.4, -0.2) is 5.12 Å². The van der Waals surface area contributed by atoms with Crippen LogP contribution in [-0.2, 0) is 0 Å². The summed E-state index contributed by atoms with van der Waals surface area (Å²) in [4.78, 5) is 0. The summed E-state index contributed by atoms with van der Waals surface area (Å²) in [5, 5.41) is 1.73. The Morgan fingerprint density at radius 2 is 2.00 bits per heavy atom. The maximum Gasteiger partial charge on any atom is 0.0585 e. The van der Waals surface area contributed by atoms with Gasteiger partial charge in [0.2, 0.25) is 0 Å². The Kier molecular flexibility index (Phi) is 1.83. The van der Waals surface area contributed by atoms with Gasteiger partial charge < -0.3 is 5.43 Å². The molecule has 4 heteroatoms. The number of nitrogens with one attached hydrogen (secondary N) is 3. The maximum atomic E-state index is 3.11. The lowest BCUT2D eigenvalue weighted by molar-refractivity contribution is 0.324. The van der Waals surface area contributed by atoms with Crippen LogP contribution in [0.3, 0.4) is 0 Å². The highest BCUT2D eigenvalue weighted by molar-refractivity contribution is 5.41. The Morgan fingerprint density at radius 3 is 2.67 bits per heavy atom. The zero-order chi connectivity index (χ0) is 8.23. The third kappa shape index (κ3) is 1.49. The van der Waals surface area contributed by atoms with Crippen molar-refractivity contribution in [3.8, 4) is 0 Å². The molecule has 0 aromatic heterocycles. The highest BCUT2D eigenvalue weighted by atomic mass is 15.8. The van der Waals surface area contributed by atoms with Crippen molar-refractivity contribution in [2.45, 2.75) is 0 Å². The van der Waals surface area contributed by atoms with Crippen molar-refractivity contribution in [2.24, 2.45) is 0 Å². The van der Waals surface area contributed by atoms with E-state index in [1.165, 1.54) is 0 Å². The fourth-order valence-corrected chi connectivity index (χ4v) is 0.973. The normalized spacial score (nSPS) is 14.5. The minimum Gasteiger partial charge on any atom is -0.308 e. The number of hydrogen-bond donors (Lipinski definition) is 3. The molecule has 0 radical (unpaired) electrons. The first-order valence-electron chi connectivity index (χ1n) is 3.74. The number of benzene rings is 1. The van der Waals surface area contributed by atoms with Crippen LogP contribution in [0.25, 0.3) is 0 Å². The van der Waals surface area contributed by atoms with Crippen LogP contribution >= 0.6 is 0 Å². The minimum absolute atomic E-state index is 1.04. The summed E-state index contributed by atoms with van der Waals surface area (Å²) < 4.78 is 0. The second kappa shape index (κ2) is 3.15. The van der Waals surface area contributed by atoms with E-state index < -0.39 is 0 Å². The molecular weight excluding hydrogens is 152 g/mol. The van der Waals surface area contributed by atoms with Gasteiger partial charge in [0.05, 0.1) is 11.9 Å². The first-order valence-corrected chi connectivity index (χ1v) is 3.74. The van der Waals surface area contributed by atoms with Gasteiger partial charge in [0.25, 0.3) is 0 Å². The lowest BCUT2D eigenvalue weighted by Gasteiger charge is -2.17. The van der Waals surface area contributed by atoms with E-state index in [1.807, 2.05) is 36.5 Å². The molecule has 0 saturated carbocycles. The van der Waals surface area contributed by atoms with Gasteiger partial charge in [-0.15, -0.1) is 5.53 Å². The summed E-state index contributed by atoms with van der Waals surface area (Å²) >= 11 is 0. The molecule has 12 heavy (non-hydrogen) atoms. The summed E-state index contributed by atoms with van der Waals surface area (Å²) in [6.45, 7) is 0. The first-order chi connectivity index (χ1) is 5.95. The van der Waals surface area contributed by atoms with Gasteiger partial charge >= 0.3 is 0 Å². The highest BCUT2D eigenvalue weighted by Crippen LogP contribution is 2.05. The van der Waals surface area contributed by atoms with Crippen molar-refractivity contribution in [1.29, 1.82) is 0 Å². The maximum absolute atomic E-state index is 3.11. The van der Waals surface area contributed by atoms with E-state index in [2.05, 4.69) is 16.4 Å². The van der Waals surface area contributed by atoms with Gasteiger partial charge in [-0.2, -0.15) is 0 Å². The lowest BCUT2D eigenvalue weighted by atomic mass is 10.3. The summed E-state index contributed by atoms with van der Waals surface area (Å²) in [7, 11) is 0. The van der Waals surface area contributed by atoms with E-state index in [9.17, 15) is 0 Å². The Labute approximate surface area is 70.8 Å². The molecule has 2 rings (SSSR count). The Bertz CT molecular complexity index is 270. The predicted molar refractivity (Wildman–Crippen MR) is 47.3 cm³/mol. The van der Waals surface area contributed by atoms with Gasteiger partial charge in [-0.05, 0) is 12.1 Å². The number of rotatable bonds is 2. The third-order valence-electron chi connectivity index (χ3n) is 1.52. The molecule has 1 aromatic carbocycles. The summed E-state index contributed by atoms with van der Waals surface area (Å²) in [5.74, 6) is 0. The molecule has 3 N–H and O–H groups in total. The van der Waals surface area contributed by atoms with Crippen LogP contribution < -0.4 is 16.4 Å². The molecule has 0 fully saturated rings. The Balaban J connectivity index is 1.99. The zero-order valence-corrected chi connectivity index (χ0v) is 6.49. The van der Waals surface area contributed by atoms with E-state index >= 15 is 0 Å². The number of anilines is 1. The quantitative estimate of drug-likeness (QED) is 0.601. The van der Waals surface area contributed by atoms with Crippen molar-refractivity contribution in [3.63, 3.8) is 0 Å². The lowest BCUT2D eigenvalue weighted by Crippen LogP contribution is -2.39. The van der Waals surface area contributed by atoms with E-state index in [0.717, 1.165) is 5.69 Å². The average Bonchev–Trinajstić information content (AvgIpc) is 2.59. The minimum atomic E-state index is 1.04. The van der Waals surface area contributed by atoms with Gasteiger partial charge in [-0.3, -0.25) is 5.43 Å². The van der Waals surface area contributed by atoms with E-state index in [-0.39, 0.29) is 0 Å². The molecule has 1 aliphatic rings. The summed E-state index contributed by atoms with van der Waals surface area (Å²) in [5.41, 5.74) is 9.85. The number of hydrazine groups is 3. The van der Waals surface area contributed by atoms with Crippen LogP contribution in [0.5, 0.6) is 0 Å². The molecule has 0 amide bonds. The van der Waals surface area contributed by atoms with Crippen molar-refractivity contribution in [1.82, 2.24) is 16.1 Å². The molecule has 0 aliphatic carbocycles. The highest BCUT2D eigenvalue weighted by Gasteiger charge is 2.00. The SMILES string of the molecule is C1=CN(Nc2ccccc2)NN1. The molecule has 0 saturated heterocycles. The summed E-state index contributed by atoms with van der Waals surface area (Å²) in [6.07, 6.45) is 3.66. The number of nitrogens with zero attached hydrogens (tertiary/aromatic N) is 1. The van der Waals surface area contributed by atoms with Gasteiger partial charge in [-0.1, -0.05) is 18.2 Å². The molecule has 4 nitrogen and oxygen atoms in total. The molecule has 0 bridgehead atoms. The monoisotopic (exact) mass is 162 g/mol. The van der Waals surface area contributed by atoms with Crippen molar-refractivity contribution < 1.29 is 0 Å². The third-order valence-corrected chi connectivity index (χ3v) is 1.52. The molecule has 0 unspecified atom stereocenters. The van der Waals surface area contributed by atoms with Gasteiger partial charge in [0.15, 0.2) is 0 Å². The number of hydrogen-bond acceptors (Lipinski definition) is 4. The smallest absolute Gasteiger partial charge is 0.0585 e. The second-order valence-electron chi connectivity index (χ2n) is 2.42. The molecule has 1 heterocycles. The predicted octanol–water partition coefficient (Wildman–Crippen LogP) is 0.809. The fourth-order valence-electron chi connectivity index (χ4n) is 0.973. The summed E-state index contributed by atoms with van der Waals surface area (Å²) in [6, 6.07) is 9.93. The molecular formula is C8H10N4. The topological polar surface area (TPSA) is 39.3 Å². The Morgan fingerprint density at radius 1 is 1.17 bits per heavy atom. The van der Waals surface area contributed by atoms with Crippen molar-refractivity contribution in [3.05, 3.63) is 42.7 Å². The van der Waals surface area contributed by atoms with Gasteiger partial charge in [0, 0.05) is 6.20 Å².